The second-order valence-electron chi connectivity index (χ2n) is 7.90. The molecule has 2 aromatic carbocycles. The molecule has 1 aromatic heterocycles. The fourth-order valence-electron chi connectivity index (χ4n) is 4.03. The molecular weight excluding hydrogens is 404 g/mol. The number of Topliss-reactive ketones (excluding diaryl/α,β-unsaturated/α-hetero) is 1. The van der Waals surface area contributed by atoms with Crippen LogP contribution in [-0.2, 0) is 9.59 Å². The summed E-state index contributed by atoms with van der Waals surface area (Å²) in [5, 5.41) is 11.3. The lowest BCUT2D eigenvalue weighted by atomic mass is 9.93. The topological polar surface area (TPSA) is 79.7 Å². The molecule has 3 aromatic rings. The summed E-state index contributed by atoms with van der Waals surface area (Å²) >= 11 is 0. The number of anilines is 1. The zero-order chi connectivity index (χ0) is 22.8. The quantitative estimate of drug-likeness (QED) is 0.357. The van der Waals surface area contributed by atoms with Crippen LogP contribution in [0.4, 0.5) is 5.69 Å². The first-order valence-corrected chi connectivity index (χ1v) is 10.4. The van der Waals surface area contributed by atoms with E-state index in [-0.39, 0.29) is 17.3 Å². The molecule has 4 rings (SSSR count). The molecule has 6 nitrogen and oxygen atoms in total. The molecule has 162 valence electrons. The number of ether oxygens (including phenoxy) is 1. The maximum absolute atomic E-state index is 13.2. The van der Waals surface area contributed by atoms with Crippen molar-refractivity contribution in [3.63, 3.8) is 0 Å². The summed E-state index contributed by atoms with van der Waals surface area (Å²) in [7, 11) is 1.59. The minimum absolute atomic E-state index is 0.0340. The highest BCUT2D eigenvalue weighted by Gasteiger charge is 2.47. The van der Waals surface area contributed by atoms with E-state index in [1.54, 1.807) is 74.1 Å². The fraction of sp³-hybridized carbons (Fsp3) is 0.192. The van der Waals surface area contributed by atoms with Gasteiger partial charge in [0.2, 0.25) is 0 Å². The van der Waals surface area contributed by atoms with Crippen LogP contribution >= 0.6 is 0 Å². The van der Waals surface area contributed by atoms with Crippen molar-refractivity contribution >= 4 is 23.1 Å². The Balaban J connectivity index is 1.93. The van der Waals surface area contributed by atoms with Gasteiger partial charge in [-0.25, -0.2) is 0 Å². The lowest BCUT2D eigenvalue weighted by molar-refractivity contribution is -0.132. The number of pyridine rings is 1. The number of aromatic nitrogens is 1. The summed E-state index contributed by atoms with van der Waals surface area (Å²) in [4.78, 5) is 31.9. The Hall–Kier alpha value is -3.93. The van der Waals surface area contributed by atoms with Gasteiger partial charge in [-0.2, -0.15) is 0 Å². The molecule has 1 amide bonds. The van der Waals surface area contributed by atoms with E-state index in [0.717, 1.165) is 5.56 Å². The number of benzene rings is 2. The summed E-state index contributed by atoms with van der Waals surface area (Å²) in [6.45, 7) is 4.04. The molecule has 0 spiro atoms. The van der Waals surface area contributed by atoms with Crippen molar-refractivity contribution in [3.8, 4) is 5.75 Å². The summed E-state index contributed by atoms with van der Waals surface area (Å²) < 4.78 is 5.44. The predicted octanol–water partition coefficient (Wildman–Crippen LogP) is 4.84. The summed E-state index contributed by atoms with van der Waals surface area (Å²) in [6, 6.07) is 16.9. The number of hydrogen-bond acceptors (Lipinski definition) is 5. The molecule has 0 bridgehead atoms. The van der Waals surface area contributed by atoms with Crippen molar-refractivity contribution < 1.29 is 19.4 Å². The number of para-hydroxylation sites is 1. The van der Waals surface area contributed by atoms with Gasteiger partial charge in [-0.15, -0.1) is 0 Å². The smallest absolute Gasteiger partial charge is 0.300 e. The van der Waals surface area contributed by atoms with Gasteiger partial charge in [0.1, 0.15) is 11.5 Å². The highest BCUT2D eigenvalue weighted by Crippen LogP contribution is 2.42. The zero-order valence-corrected chi connectivity index (χ0v) is 18.1. The summed E-state index contributed by atoms with van der Waals surface area (Å²) in [5.41, 5.74) is 2.59. The molecule has 1 unspecified atom stereocenters. The molecule has 1 fully saturated rings. The van der Waals surface area contributed by atoms with Crippen LogP contribution in [0, 0.1) is 0 Å². The van der Waals surface area contributed by atoms with Crippen LogP contribution in [0.15, 0.2) is 78.6 Å². The number of aliphatic hydroxyl groups excluding tert-OH is 1. The van der Waals surface area contributed by atoms with Crippen LogP contribution in [0.3, 0.4) is 0 Å². The summed E-state index contributed by atoms with van der Waals surface area (Å²) in [5.74, 6) is -0.810. The number of carbonyl (C=O) groups excluding carboxylic acids is 2. The number of nitrogens with zero attached hydrogens (tertiary/aromatic N) is 2. The van der Waals surface area contributed by atoms with Crippen molar-refractivity contribution in [2.24, 2.45) is 0 Å². The van der Waals surface area contributed by atoms with Crippen molar-refractivity contribution in [2.45, 2.75) is 25.8 Å². The maximum Gasteiger partial charge on any atom is 0.300 e. The Morgan fingerprint density at radius 2 is 1.81 bits per heavy atom. The second-order valence-corrected chi connectivity index (χ2v) is 7.90. The zero-order valence-electron chi connectivity index (χ0n) is 18.1. The number of hydrogen-bond donors (Lipinski definition) is 1. The van der Waals surface area contributed by atoms with Crippen LogP contribution in [-0.4, -0.2) is 28.9 Å². The number of rotatable bonds is 5. The molecule has 0 aliphatic carbocycles. The van der Waals surface area contributed by atoms with Gasteiger partial charge in [0.15, 0.2) is 0 Å². The van der Waals surface area contributed by atoms with Crippen molar-refractivity contribution in [3.05, 3.63) is 95.3 Å². The van der Waals surface area contributed by atoms with E-state index < -0.39 is 17.7 Å². The molecule has 2 heterocycles. The van der Waals surface area contributed by atoms with E-state index in [4.69, 9.17) is 4.74 Å². The molecule has 1 atom stereocenters. The third-order valence-electron chi connectivity index (χ3n) is 5.60. The Morgan fingerprint density at radius 1 is 1.06 bits per heavy atom. The first-order chi connectivity index (χ1) is 15.4. The average Bonchev–Trinajstić information content (AvgIpc) is 3.09. The van der Waals surface area contributed by atoms with E-state index >= 15 is 0 Å². The van der Waals surface area contributed by atoms with Gasteiger partial charge in [0.05, 0.1) is 18.7 Å². The molecular formula is C26H24N2O4. The minimum Gasteiger partial charge on any atom is -0.507 e. The normalized spacial score (nSPS) is 17.8. The van der Waals surface area contributed by atoms with E-state index in [1.807, 2.05) is 19.9 Å². The van der Waals surface area contributed by atoms with Gasteiger partial charge in [0.25, 0.3) is 11.7 Å². The molecule has 1 N–H and O–H groups in total. The van der Waals surface area contributed by atoms with Crippen LogP contribution < -0.4 is 9.64 Å². The van der Waals surface area contributed by atoms with Gasteiger partial charge in [-0.3, -0.25) is 19.5 Å². The average molecular weight is 428 g/mol. The monoisotopic (exact) mass is 428 g/mol. The number of amides is 1. The minimum atomic E-state index is -0.796. The first kappa shape index (κ1) is 21.3. The molecule has 6 heteroatoms. The van der Waals surface area contributed by atoms with Crippen molar-refractivity contribution in [1.82, 2.24) is 4.98 Å². The lowest BCUT2D eigenvalue weighted by Gasteiger charge is -2.25. The van der Waals surface area contributed by atoms with Crippen LogP contribution in [0.2, 0.25) is 0 Å². The van der Waals surface area contributed by atoms with Gasteiger partial charge in [0, 0.05) is 23.6 Å². The Morgan fingerprint density at radius 3 is 2.44 bits per heavy atom. The highest BCUT2D eigenvalue weighted by atomic mass is 16.5. The predicted molar refractivity (Wildman–Crippen MR) is 123 cm³/mol. The van der Waals surface area contributed by atoms with E-state index in [0.29, 0.717) is 22.6 Å². The Labute approximate surface area is 186 Å². The highest BCUT2D eigenvalue weighted by molar-refractivity contribution is 6.51. The molecule has 1 aliphatic heterocycles. The van der Waals surface area contributed by atoms with Crippen molar-refractivity contribution in [2.75, 3.05) is 12.0 Å². The molecule has 1 saturated heterocycles. The van der Waals surface area contributed by atoms with E-state index in [9.17, 15) is 14.7 Å². The number of ketones is 1. The SMILES string of the molecule is COc1ccc(/C(O)=C2/C(=O)C(=O)N(c3ccccc3)C2c2cccnc2)cc1C(C)C. The lowest BCUT2D eigenvalue weighted by Crippen LogP contribution is -2.29. The maximum atomic E-state index is 13.2. The van der Waals surface area contributed by atoms with Crippen molar-refractivity contribution in [1.29, 1.82) is 0 Å². The fourth-order valence-corrected chi connectivity index (χ4v) is 4.03. The molecule has 0 radical (unpaired) electrons. The van der Waals surface area contributed by atoms with Gasteiger partial charge in [-0.1, -0.05) is 38.1 Å². The Bertz CT molecular complexity index is 1190. The van der Waals surface area contributed by atoms with E-state index in [1.165, 1.54) is 4.90 Å². The molecule has 32 heavy (non-hydrogen) atoms. The molecule has 0 saturated carbocycles. The van der Waals surface area contributed by atoms with Gasteiger partial charge in [-0.05, 0) is 53.4 Å². The number of methoxy groups -OCH3 is 1. The Kier molecular flexibility index (Phi) is 5.77. The summed E-state index contributed by atoms with van der Waals surface area (Å²) in [6.07, 6.45) is 3.23. The third kappa shape index (κ3) is 3.64. The van der Waals surface area contributed by atoms with E-state index in [2.05, 4.69) is 4.98 Å². The van der Waals surface area contributed by atoms with Crippen LogP contribution in [0.25, 0.3) is 5.76 Å². The second kappa shape index (κ2) is 8.67. The molecule has 1 aliphatic rings. The van der Waals surface area contributed by atoms with Gasteiger partial charge < -0.3 is 9.84 Å². The largest absolute Gasteiger partial charge is 0.507 e. The number of carbonyl (C=O) groups is 2. The third-order valence-corrected chi connectivity index (χ3v) is 5.60. The first-order valence-electron chi connectivity index (χ1n) is 10.4. The van der Waals surface area contributed by atoms with Crippen LogP contribution in [0.5, 0.6) is 5.75 Å². The van der Waals surface area contributed by atoms with Crippen LogP contribution in [0.1, 0.15) is 42.5 Å². The van der Waals surface area contributed by atoms with Gasteiger partial charge >= 0.3 is 0 Å². The standard InChI is InChI=1S/C26H24N2O4/c1-16(2)20-14-17(11-12-21(20)32-3)24(29)22-23(18-8-7-13-27-15-18)28(26(31)25(22)30)19-9-5-4-6-10-19/h4-16,23,29H,1-3H3/b24-22-. The number of aliphatic hydroxyl groups is 1.